The third-order valence-corrected chi connectivity index (χ3v) is 3.63. The van der Waals surface area contributed by atoms with Gasteiger partial charge in [-0.3, -0.25) is 0 Å². The van der Waals surface area contributed by atoms with Crippen molar-refractivity contribution >= 4 is 11.6 Å². The Morgan fingerprint density at radius 1 is 1.50 bits per heavy atom. The molecule has 2 N–H and O–H groups in total. The molecule has 2 nitrogen and oxygen atoms in total. The van der Waals surface area contributed by atoms with E-state index >= 15 is 0 Å². The fraction of sp³-hybridized carbons (Fsp3) is 0.538. The second-order valence-corrected chi connectivity index (χ2v) is 5.27. The summed E-state index contributed by atoms with van der Waals surface area (Å²) in [5.74, 6) is 0.622. The molecule has 0 saturated heterocycles. The summed E-state index contributed by atoms with van der Waals surface area (Å²) < 4.78 is 0. The lowest BCUT2D eigenvalue weighted by molar-refractivity contribution is 0.153. The van der Waals surface area contributed by atoms with Crippen molar-refractivity contribution in [3.63, 3.8) is 0 Å². The normalized spacial score (nSPS) is 19.4. The van der Waals surface area contributed by atoms with Gasteiger partial charge in [-0.15, -0.1) is 0 Å². The summed E-state index contributed by atoms with van der Waals surface area (Å²) in [7, 11) is 0. The smallest absolute Gasteiger partial charge is 0.0613 e. The molecule has 3 heteroatoms. The Bertz CT molecular complexity index is 365. The molecule has 0 spiro atoms. The number of benzene rings is 1. The predicted octanol–water partition coefficient (Wildman–Crippen LogP) is 2.59. The number of hydrogen-bond acceptors (Lipinski definition) is 2. The summed E-state index contributed by atoms with van der Waals surface area (Å²) in [5.41, 5.74) is 1.02. The Labute approximate surface area is 102 Å². The van der Waals surface area contributed by atoms with E-state index in [1.54, 1.807) is 0 Å². The number of hydrogen-bond donors (Lipinski definition) is 2. The van der Waals surface area contributed by atoms with E-state index in [2.05, 4.69) is 12.2 Å². The number of rotatable bonds is 5. The van der Waals surface area contributed by atoms with Gasteiger partial charge in [-0.05, 0) is 43.4 Å². The zero-order valence-corrected chi connectivity index (χ0v) is 10.3. The molecule has 0 aliphatic heterocycles. The second-order valence-electron chi connectivity index (χ2n) is 4.83. The van der Waals surface area contributed by atoms with Crippen LogP contribution in [0, 0.1) is 5.92 Å². The minimum absolute atomic E-state index is 0.137. The lowest BCUT2D eigenvalue weighted by Crippen LogP contribution is -2.47. The topological polar surface area (TPSA) is 32.3 Å². The first-order valence-corrected chi connectivity index (χ1v) is 6.12. The van der Waals surface area contributed by atoms with Gasteiger partial charge >= 0.3 is 0 Å². The van der Waals surface area contributed by atoms with Crippen LogP contribution in [0.3, 0.4) is 0 Å². The molecule has 1 aromatic rings. The first-order chi connectivity index (χ1) is 7.64. The van der Waals surface area contributed by atoms with Crippen LogP contribution < -0.4 is 5.32 Å². The zero-order valence-electron chi connectivity index (χ0n) is 9.54. The summed E-state index contributed by atoms with van der Waals surface area (Å²) in [4.78, 5) is 0. The third-order valence-electron chi connectivity index (χ3n) is 3.39. The largest absolute Gasteiger partial charge is 0.394 e. The van der Waals surface area contributed by atoms with Gasteiger partial charge < -0.3 is 10.4 Å². The van der Waals surface area contributed by atoms with Gasteiger partial charge in [0, 0.05) is 17.1 Å². The summed E-state index contributed by atoms with van der Waals surface area (Å²) in [6.07, 6.45) is 2.44. The lowest BCUT2D eigenvalue weighted by Gasteiger charge is -2.29. The molecule has 88 valence electrons. The summed E-state index contributed by atoms with van der Waals surface area (Å²) >= 11 is 5.93. The number of aliphatic hydroxyl groups is 1. The molecule has 1 saturated carbocycles. The molecule has 2 rings (SSSR count). The standard InChI is InChI=1S/C13H18ClNO/c1-13(9-16,11-5-6-11)15-8-10-3-2-4-12(14)7-10/h2-4,7,11,15-16H,5-6,8-9H2,1H3. The predicted molar refractivity (Wildman–Crippen MR) is 66.5 cm³/mol. The summed E-state index contributed by atoms with van der Waals surface area (Å²) in [6.45, 7) is 3.04. The second kappa shape index (κ2) is 4.74. The molecule has 1 fully saturated rings. The van der Waals surface area contributed by atoms with Gasteiger partial charge in [-0.25, -0.2) is 0 Å². The molecule has 1 aliphatic rings. The Hall–Kier alpha value is -0.570. The van der Waals surface area contributed by atoms with E-state index in [-0.39, 0.29) is 12.1 Å². The molecule has 1 aliphatic carbocycles. The van der Waals surface area contributed by atoms with Crippen molar-refractivity contribution in [2.45, 2.75) is 31.8 Å². The van der Waals surface area contributed by atoms with E-state index in [4.69, 9.17) is 11.6 Å². The maximum Gasteiger partial charge on any atom is 0.0613 e. The van der Waals surface area contributed by atoms with Crippen LogP contribution in [0.5, 0.6) is 0 Å². The fourth-order valence-corrected chi connectivity index (χ4v) is 2.21. The van der Waals surface area contributed by atoms with Crippen LogP contribution in [-0.2, 0) is 6.54 Å². The maximum atomic E-state index is 9.44. The van der Waals surface area contributed by atoms with Gasteiger partial charge in [-0.1, -0.05) is 23.7 Å². The van der Waals surface area contributed by atoms with Gasteiger partial charge in [0.05, 0.1) is 6.61 Å². The minimum atomic E-state index is -0.137. The van der Waals surface area contributed by atoms with Crippen LogP contribution in [-0.4, -0.2) is 17.3 Å². The van der Waals surface area contributed by atoms with E-state index in [0.717, 1.165) is 17.1 Å². The van der Waals surface area contributed by atoms with Crippen LogP contribution in [0.25, 0.3) is 0 Å². The molecule has 1 unspecified atom stereocenters. The van der Waals surface area contributed by atoms with Crippen molar-refractivity contribution < 1.29 is 5.11 Å². The Morgan fingerprint density at radius 2 is 2.25 bits per heavy atom. The van der Waals surface area contributed by atoms with Gasteiger partial charge in [0.2, 0.25) is 0 Å². The molecular weight excluding hydrogens is 222 g/mol. The van der Waals surface area contributed by atoms with Crippen molar-refractivity contribution in [3.05, 3.63) is 34.9 Å². The molecule has 1 aromatic carbocycles. The molecule has 16 heavy (non-hydrogen) atoms. The van der Waals surface area contributed by atoms with Crippen molar-refractivity contribution in [2.24, 2.45) is 5.92 Å². The third kappa shape index (κ3) is 2.76. The molecule has 0 bridgehead atoms. The molecule has 0 heterocycles. The molecular formula is C13H18ClNO. The number of aliphatic hydroxyl groups excluding tert-OH is 1. The average molecular weight is 240 g/mol. The van der Waals surface area contributed by atoms with E-state index in [9.17, 15) is 5.11 Å². The minimum Gasteiger partial charge on any atom is -0.394 e. The van der Waals surface area contributed by atoms with Crippen molar-refractivity contribution in [1.82, 2.24) is 5.32 Å². The van der Waals surface area contributed by atoms with Crippen molar-refractivity contribution in [1.29, 1.82) is 0 Å². The highest BCUT2D eigenvalue weighted by molar-refractivity contribution is 6.30. The van der Waals surface area contributed by atoms with Gasteiger partial charge in [0.1, 0.15) is 0 Å². The molecule has 1 atom stereocenters. The van der Waals surface area contributed by atoms with Crippen LogP contribution in [0.4, 0.5) is 0 Å². The summed E-state index contributed by atoms with van der Waals surface area (Å²) in [6, 6.07) is 7.83. The first kappa shape index (κ1) is 11.9. The molecule has 0 radical (unpaired) electrons. The van der Waals surface area contributed by atoms with Gasteiger partial charge in [0.25, 0.3) is 0 Å². The molecule has 0 aromatic heterocycles. The van der Waals surface area contributed by atoms with Gasteiger partial charge in [-0.2, -0.15) is 0 Å². The number of halogens is 1. The van der Waals surface area contributed by atoms with E-state index in [1.807, 2.05) is 24.3 Å². The quantitative estimate of drug-likeness (QED) is 0.828. The maximum absolute atomic E-state index is 9.44. The van der Waals surface area contributed by atoms with Crippen LogP contribution >= 0.6 is 11.6 Å². The first-order valence-electron chi connectivity index (χ1n) is 5.74. The Kier molecular flexibility index (Phi) is 3.53. The van der Waals surface area contributed by atoms with E-state index in [1.165, 1.54) is 12.8 Å². The van der Waals surface area contributed by atoms with Crippen LogP contribution in [0.2, 0.25) is 5.02 Å². The van der Waals surface area contributed by atoms with Gasteiger partial charge in [0.15, 0.2) is 0 Å². The molecule has 0 amide bonds. The monoisotopic (exact) mass is 239 g/mol. The Morgan fingerprint density at radius 3 is 2.81 bits per heavy atom. The number of nitrogens with one attached hydrogen (secondary N) is 1. The van der Waals surface area contributed by atoms with Crippen LogP contribution in [0.1, 0.15) is 25.3 Å². The highest BCUT2D eigenvalue weighted by Gasteiger charge is 2.40. The lowest BCUT2D eigenvalue weighted by atomic mass is 9.96. The summed E-state index contributed by atoms with van der Waals surface area (Å²) in [5, 5.41) is 13.6. The SMILES string of the molecule is CC(CO)(NCc1cccc(Cl)c1)C1CC1. The highest BCUT2D eigenvalue weighted by atomic mass is 35.5. The van der Waals surface area contributed by atoms with E-state index < -0.39 is 0 Å². The zero-order chi connectivity index (χ0) is 11.6. The average Bonchev–Trinajstić information content (AvgIpc) is 3.10. The van der Waals surface area contributed by atoms with E-state index in [0.29, 0.717) is 5.92 Å². The highest BCUT2D eigenvalue weighted by Crippen LogP contribution is 2.39. The fourth-order valence-electron chi connectivity index (χ4n) is 2.00. The van der Waals surface area contributed by atoms with Crippen LogP contribution in [0.15, 0.2) is 24.3 Å². The Balaban J connectivity index is 1.95. The van der Waals surface area contributed by atoms with Crippen molar-refractivity contribution in [2.75, 3.05) is 6.61 Å². The van der Waals surface area contributed by atoms with Crippen molar-refractivity contribution in [3.8, 4) is 0 Å².